The molecule has 0 bridgehead atoms. The van der Waals surface area contributed by atoms with E-state index in [0.29, 0.717) is 5.92 Å². The highest BCUT2D eigenvalue weighted by atomic mass is 32.1. The van der Waals surface area contributed by atoms with Crippen molar-refractivity contribution in [1.82, 2.24) is 4.98 Å². The number of nitrogens with one attached hydrogen (secondary N) is 3. The zero-order chi connectivity index (χ0) is 32.3. The number of hydrogen-bond acceptors (Lipinski definition) is 6. The highest BCUT2D eigenvalue weighted by molar-refractivity contribution is 7.80. The minimum absolute atomic E-state index is 0.296. The Morgan fingerprint density at radius 1 is 0.750 bits per heavy atom. The monoisotopic (exact) mass is 641 g/mol. The van der Waals surface area contributed by atoms with Gasteiger partial charge in [0, 0.05) is 51.7 Å². The van der Waals surface area contributed by atoms with Crippen molar-refractivity contribution < 1.29 is 0 Å². The maximum atomic E-state index is 4.58. The number of fused-ring (bicyclic) bond motifs is 2. The average Bonchev–Trinajstić information content (AvgIpc) is 3.15. The van der Waals surface area contributed by atoms with Gasteiger partial charge in [0.2, 0.25) is 0 Å². The summed E-state index contributed by atoms with van der Waals surface area (Å²) in [4.78, 5) is 7.80. The topological polar surface area (TPSA) is 52.2 Å². The largest absolute Gasteiger partial charge is 0.381 e. The van der Waals surface area contributed by atoms with Crippen molar-refractivity contribution in [3.05, 3.63) is 169 Å². The van der Waals surface area contributed by atoms with Gasteiger partial charge < -0.3 is 15.6 Å². The Kier molecular flexibility index (Phi) is 8.15. The van der Waals surface area contributed by atoms with Gasteiger partial charge in [-0.15, -0.1) is 12.6 Å². The number of aromatic nitrogens is 1. The van der Waals surface area contributed by atoms with E-state index in [1.54, 1.807) is 0 Å². The zero-order valence-corrected chi connectivity index (χ0v) is 27.2. The number of nitrogens with zero attached hydrogens (tertiary/aromatic N) is 2. The summed E-state index contributed by atoms with van der Waals surface area (Å²) < 4.78 is 0. The number of hydrogen-bond donors (Lipinski definition) is 4. The summed E-state index contributed by atoms with van der Waals surface area (Å²) in [6.45, 7) is 0.860. The Morgan fingerprint density at radius 2 is 1.56 bits per heavy atom. The van der Waals surface area contributed by atoms with Crippen LogP contribution < -0.4 is 21.1 Å². The van der Waals surface area contributed by atoms with Gasteiger partial charge in [-0.1, -0.05) is 78.9 Å². The Balaban J connectivity index is 1.08. The zero-order valence-electron chi connectivity index (χ0n) is 26.3. The van der Waals surface area contributed by atoms with Gasteiger partial charge >= 0.3 is 0 Å². The number of thiol groups is 1. The van der Waals surface area contributed by atoms with E-state index in [-0.39, 0.29) is 0 Å². The molecule has 0 fully saturated rings. The predicted octanol–water partition coefficient (Wildman–Crippen LogP) is 10.8. The first-order chi connectivity index (χ1) is 23.7. The van der Waals surface area contributed by atoms with Gasteiger partial charge in [0.1, 0.15) is 0 Å². The van der Waals surface area contributed by atoms with Gasteiger partial charge in [-0.2, -0.15) is 0 Å². The van der Waals surface area contributed by atoms with Crippen LogP contribution in [0, 0.1) is 0 Å². The lowest BCUT2D eigenvalue weighted by Crippen LogP contribution is -2.17. The van der Waals surface area contributed by atoms with Crippen LogP contribution in [-0.2, 0) is 0 Å². The Morgan fingerprint density at radius 3 is 2.38 bits per heavy atom. The Labute approximate surface area is 286 Å². The summed E-state index contributed by atoms with van der Waals surface area (Å²) >= 11 is 4.55. The fraction of sp³-hybridized carbons (Fsp3) is 0.0714. The van der Waals surface area contributed by atoms with E-state index < -0.39 is 0 Å². The van der Waals surface area contributed by atoms with Crippen LogP contribution in [0.3, 0.4) is 0 Å². The molecule has 48 heavy (non-hydrogen) atoms. The highest BCUT2D eigenvalue weighted by Crippen LogP contribution is 2.37. The lowest BCUT2D eigenvalue weighted by Gasteiger charge is -2.29. The maximum Gasteiger partial charge on any atom is 0.0704 e. The van der Waals surface area contributed by atoms with Crippen molar-refractivity contribution in [2.24, 2.45) is 0 Å². The standard InChI is InChI=1S/C42H35N5S/c48-42-8-2-1-7-39(42)46-45-35-17-23-38(24-18-35)47(36-19-13-29(14-20-36)33-11-9-31-5-3-25-43-40(31)27-33)37-21-15-30(16-22-37)34-12-10-32-6-4-26-44-41(32)28-34/h1-15,17-24,26-28,30,43,45-46,48H,16,25H2/t30-/m0/s1. The third-order valence-electron chi connectivity index (χ3n) is 8.99. The third-order valence-corrected chi connectivity index (χ3v) is 9.38. The van der Waals surface area contributed by atoms with Gasteiger partial charge in [0.15, 0.2) is 0 Å². The van der Waals surface area contributed by atoms with Crippen LogP contribution >= 0.6 is 12.6 Å². The van der Waals surface area contributed by atoms with Gasteiger partial charge in [-0.3, -0.25) is 10.4 Å². The predicted molar refractivity (Wildman–Crippen MR) is 205 cm³/mol. The second kappa shape index (κ2) is 13.2. The minimum Gasteiger partial charge on any atom is -0.381 e. The summed E-state index contributed by atoms with van der Waals surface area (Å²) in [5, 5.41) is 4.65. The molecular formula is C42H35N5S. The van der Waals surface area contributed by atoms with Crippen LogP contribution in [0.4, 0.5) is 28.4 Å². The first kappa shape index (κ1) is 29.7. The van der Waals surface area contributed by atoms with Crippen LogP contribution in [0.15, 0.2) is 162 Å². The lowest BCUT2D eigenvalue weighted by molar-refractivity contribution is 0.841. The molecule has 1 aliphatic carbocycles. The Bertz CT molecular complexity index is 2180. The summed E-state index contributed by atoms with van der Waals surface area (Å²) in [5.41, 5.74) is 18.9. The molecule has 6 aromatic rings. The molecular weight excluding hydrogens is 607 g/mol. The van der Waals surface area contributed by atoms with Crippen molar-refractivity contribution in [2.45, 2.75) is 17.2 Å². The number of para-hydroxylation sites is 1. The van der Waals surface area contributed by atoms with Crippen LogP contribution in [0.25, 0.3) is 28.1 Å². The van der Waals surface area contributed by atoms with E-state index in [9.17, 15) is 0 Å². The number of benzene rings is 5. The molecule has 0 spiro atoms. The van der Waals surface area contributed by atoms with Crippen LogP contribution in [-0.4, -0.2) is 11.5 Å². The van der Waals surface area contributed by atoms with Crippen LogP contribution in [0.5, 0.6) is 0 Å². The van der Waals surface area contributed by atoms with Crippen molar-refractivity contribution in [1.29, 1.82) is 0 Å². The summed E-state index contributed by atoms with van der Waals surface area (Å²) in [6, 6.07) is 42.6. The molecule has 2 heterocycles. The Hall–Kier alpha value is -5.72. The molecule has 5 aromatic carbocycles. The molecule has 0 radical (unpaired) electrons. The van der Waals surface area contributed by atoms with Crippen molar-refractivity contribution in [2.75, 3.05) is 27.6 Å². The average molecular weight is 642 g/mol. The third kappa shape index (κ3) is 6.18. The molecule has 8 rings (SSSR count). The minimum atomic E-state index is 0.296. The second-order valence-electron chi connectivity index (χ2n) is 12.1. The smallest absolute Gasteiger partial charge is 0.0704 e. The number of anilines is 5. The fourth-order valence-electron chi connectivity index (χ4n) is 6.39. The lowest BCUT2D eigenvalue weighted by atomic mass is 9.90. The number of hydrazine groups is 1. The normalized spacial score (nSPS) is 14.9. The van der Waals surface area contributed by atoms with Gasteiger partial charge in [0.25, 0.3) is 0 Å². The fourth-order valence-corrected chi connectivity index (χ4v) is 6.60. The maximum absolute atomic E-state index is 4.58. The second-order valence-corrected chi connectivity index (χ2v) is 12.5. The molecule has 1 aromatic heterocycles. The van der Waals surface area contributed by atoms with E-state index in [1.165, 1.54) is 33.3 Å². The van der Waals surface area contributed by atoms with Crippen LogP contribution in [0.1, 0.15) is 23.5 Å². The van der Waals surface area contributed by atoms with Gasteiger partial charge in [0.05, 0.1) is 16.9 Å². The number of allylic oxidation sites excluding steroid dienone is 3. The molecule has 0 amide bonds. The molecule has 2 aliphatic rings. The van der Waals surface area contributed by atoms with Crippen molar-refractivity contribution in [3.63, 3.8) is 0 Å². The van der Waals surface area contributed by atoms with E-state index >= 15 is 0 Å². The molecule has 234 valence electrons. The summed E-state index contributed by atoms with van der Waals surface area (Å²) in [7, 11) is 0. The van der Waals surface area contributed by atoms with E-state index in [1.807, 2.05) is 36.5 Å². The molecule has 5 nitrogen and oxygen atoms in total. The SMILES string of the molecule is Sc1ccccc1NNc1ccc(N(C2=CC[C@@H](c3ccc4cccnc4c3)C=C2)c2ccc(-c3ccc4c(c3)NCC=C4)cc2)cc1. The molecule has 1 atom stereocenters. The van der Waals surface area contributed by atoms with Crippen molar-refractivity contribution in [3.8, 4) is 11.1 Å². The first-order valence-electron chi connectivity index (χ1n) is 16.3. The quantitative estimate of drug-likeness (QED) is 0.0984. The molecule has 1 aliphatic heterocycles. The molecule has 0 saturated heterocycles. The molecule has 0 unspecified atom stereocenters. The summed E-state index contributed by atoms with van der Waals surface area (Å²) in [5.74, 6) is 0.296. The van der Waals surface area contributed by atoms with E-state index in [0.717, 1.165) is 51.8 Å². The number of pyridine rings is 1. The first-order valence-corrected chi connectivity index (χ1v) is 16.7. The summed E-state index contributed by atoms with van der Waals surface area (Å²) in [6.07, 6.45) is 14.0. The van der Waals surface area contributed by atoms with Gasteiger partial charge in [-0.25, -0.2) is 0 Å². The van der Waals surface area contributed by atoms with E-state index in [2.05, 4.69) is 160 Å². The number of rotatable bonds is 8. The molecule has 3 N–H and O–H groups in total. The van der Waals surface area contributed by atoms with Gasteiger partial charge in [-0.05, 0) is 101 Å². The highest BCUT2D eigenvalue weighted by Gasteiger charge is 2.19. The van der Waals surface area contributed by atoms with E-state index in [4.69, 9.17) is 0 Å². The van der Waals surface area contributed by atoms with Crippen molar-refractivity contribution >= 4 is 58.0 Å². The molecule has 0 saturated carbocycles. The molecule has 6 heteroatoms. The van der Waals surface area contributed by atoms with Crippen LogP contribution in [0.2, 0.25) is 0 Å².